The number of aromatic nitrogens is 1. The second-order valence-electron chi connectivity index (χ2n) is 7.24. The lowest BCUT2D eigenvalue weighted by Crippen LogP contribution is -2.50. The molecule has 0 fully saturated rings. The number of benzene rings is 2. The molecular weight excluding hydrogens is 435 g/mol. The van der Waals surface area contributed by atoms with Crippen molar-refractivity contribution in [2.75, 3.05) is 6.61 Å². The number of nitrogens with one attached hydrogen (secondary N) is 1. The monoisotopic (exact) mass is 454 g/mol. The summed E-state index contributed by atoms with van der Waals surface area (Å²) < 4.78 is 21.2. The number of pyridine rings is 1. The van der Waals surface area contributed by atoms with Gasteiger partial charge < -0.3 is 10.1 Å². The van der Waals surface area contributed by atoms with E-state index in [-0.39, 0.29) is 11.7 Å². The molecule has 29 heavy (non-hydrogen) atoms. The number of rotatable bonds is 3. The maximum absolute atomic E-state index is 14.5. The molecule has 0 saturated heterocycles. The third-order valence-corrected chi connectivity index (χ3v) is 6.21. The summed E-state index contributed by atoms with van der Waals surface area (Å²) in [6.07, 6.45) is 2.10. The van der Waals surface area contributed by atoms with E-state index in [4.69, 9.17) is 4.74 Å². The van der Waals surface area contributed by atoms with Gasteiger partial charge in [-0.3, -0.25) is 9.78 Å². The van der Waals surface area contributed by atoms with Crippen LogP contribution in [0.4, 0.5) is 4.39 Å². The highest BCUT2D eigenvalue weighted by atomic mass is 79.9. The van der Waals surface area contributed by atoms with Crippen LogP contribution >= 0.6 is 15.9 Å². The molecule has 1 aliphatic heterocycles. The summed E-state index contributed by atoms with van der Waals surface area (Å²) >= 11 is 3.46. The van der Waals surface area contributed by atoms with Gasteiger partial charge in [0.25, 0.3) is 5.91 Å². The molecule has 1 aliphatic rings. The van der Waals surface area contributed by atoms with Crippen molar-refractivity contribution in [3.63, 3.8) is 0 Å². The third-order valence-electron chi connectivity index (χ3n) is 5.32. The summed E-state index contributed by atoms with van der Waals surface area (Å²) in [4.78, 5) is 17.7. The zero-order valence-corrected chi connectivity index (χ0v) is 17.7. The predicted octanol–water partition coefficient (Wildman–Crippen LogP) is 5.06. The Labute approximate surface area is 177 Å². The number of carbonyl (C=O) groups excluding carboxylic acids is 1. The Hall–Kier alpha value is -2.73. The van der Waals surface area contributed by atoms with Gasteiger partial charge in [0.1, 0.15) is 22.8 Å². The van der Waals surface area contributed by atoms with E-state index in [1.165, 1.54) is 6.07 Å². The molecule has 0 spiro atoms. The Balaban J connectivity index is 1.84. The number of hydrogen-bond acceptors (Lipinski definition) is 3. The largest absolute Gasteiger partial charge is 0.491 e. The van der Waals surface area contributed by atoms with E-state index in [0.29, 0.717) is 41.2 Å². The van der Waals surface area contributed by atoms with E-state index >= 15 is 0 Å². The van der Waals surface area contributed by atoms with Crippen LogP contribution in [-0.4, -0.2) is 17.5 Å². The minimum atomic E-state index is -0.985. The number of amides is 1. The van der Waals surface area contributed by atoms with Crippen LogP contribution in [0.5, 0.6) is 5.75 Å². The van der Waals surface area contributed by atoms with Gasteiger partial charge in [0.2, 0.25) is 0 Å². The first-order chi connectivity index (χ1) is 13.9. The van der Waals surface area contributed by atoms with Crippen LogP contribution < -0.4 is 10.1 Å². The van der Waals surface area contributed by atoms with Gasteiger partial charge >= 0.3 is 0 Å². The van der Waals surface area contributed by atoms with Crippen molar-refractivity contribution in [3.8, 4) is 5.75 Å². The van der Waals surface area contributed by atoms with Crippen LogP contribution in [0.3, 0.4) is 0 Å². The number of carbonyl (C=O) groups is 1. The second kappa shape index (κ2) is 7.59. The Morgan fingerprint density at radius 1 is 1.17 bits per heavy atom. The van der Waals surface area contributed by atoms with Crippen molar-refractivity contribution in [2.45, 2.75) is 25.8 Å². The van der Waals surface area contributed by atoms with Crippen LogP contribution in [0.2, 0.25) is 0 Å². The number of fused-ring (bicyclic) bond motifs is 1. The number of nitrogens with zero attached hydrogens (tertiary/aromatic N) is 1. The molecule has 1 amide bonds. The minimum absolute atomic E-state index is 0.250. The van der Waals surface area contributed by atoms with Crippen molar-refractivity contribution in [2.24, 2.45) is 0 Å². The SMILES string of the molecule is Cc1ccc([C@@]2(NC(=O)c3ccc(Br)c(C)c3)CCOc3cccnc32)cc1F. The lowest BCUT2D eigenvalue weighted by Gasteiger charge is -2.39. The summed E-state index contributed by atoms with van der Waals surface area (Å²) in [5.41, 5.74) is 2.27. The van der Waals surface area contributed by atoms with Gasteiger partial charge in [0.05, 0.1) is 6.61 Å². The van der Waals surface area contributed by atoms with Crippen LogP contribution in [0.15, 0.2) is 59.2 Å². The minimum Gasteiger partial charge on any atom is -0.491 e. The fourth-order valence-corrected chi connectivity index (χ4v) is 3.89. The van der Waals surface area contributed by atoms with Gasteiger partial charge in [0.15, 0.2) is 0 Å². The van der Waals surface area contributed by atoms with Gasteiger partial charge in [-0.15, -0.1) is 0 Å². The first kappa shape index (κ1) is 19.6. The summed E-state index contributed by atoms with van der Waals surface area (Å²) in [7, 11) is 0. The molecule has 0 unspecified atom stereocenters. The van der Waals surface area contributed by atoms with E-state index in [2.05, 4.69) is 26.2 Å². The van der Waals surface area contributed by atoms with Gasteiger partial charge in [-0.25, -0.2) is 4.39 Å². The molecule has 3 aromatic rings. The Morgan fingerprint density at radius 3 is 2.76 bits per heavy atom. The van der Waals surface area contributed by atoms with E-state index in [0.717, 1.165) is 10.0 Å². The normalized spacial score (nSPS) is 17.9. The summed E-state index contributed by atoms with van der Waals surface area (Å²) in [6, 6.07) is 14.1. The quantitative estimate of drug-likeness (QED) is 0.601. The van der Waals surface area contributed by atoms with Gasteiger partial charge in [-0.05, 0) is 66.9 Å². The molecule has 1 aromatic heterocycles. The van der Waals surface area contributed by atoms with E-state index < -0.39 is 5.54 Å². The van der Waals surface area contributed by atoms with Crippen LogP contribution in [-0.2, 0) is 5.54 Å². The van der Waals surface area contributed by atoms with Crippen molar-refractivity contribution >= 4 is 21.8 Å². The van der Waals surface area contributed by atoms with Gasteiger partial charge in [0, 0.05) is 22.7 Å². The third kappa shape index (κ3) is 3.53. The highest BCUT2D eigenvalue weighted by molar-refractivity contribution is 9.10. The highest BCUT2D eigenvalue weighted by Gasteiger charge is 2.42. The lowest BCUT2D eigenvalue weighted by molar-refractivity contribution is 0.0883. The van der Waals surface area contributed by atoms with Gasteiger partial charge in [-0.2, -0.15) is 0 Å². The van der Waals surface area contributed by atoms with Crippen molar-refractivity contribution in [1.29, 1.82) is 0 Å². The number of aryl methyl sites for hydroxylation is 2. The van der Waals surface area contributed by atoms with Crippen molar-refractivity contribution < 1.29 is 13.9 Å². The smallest absolute Gasteiger partial charge is 0.252 e. The average molecular weight is 455 g/mol. The summed E-state index contributed by atoms with van der Waals surface area (Å²) in [5, 5.41) is 3.15. The molecule has 1 atom stereocenters. The van der Waals surface area contributed by atoms with E-state index in [1.807, 2.05) is 31.2 Å². The Bertz CT molecular complexity index is 1100. The van der Waals surface area contributed by atoms with E-state index in [1.54, 1.807) is 31.3 Å². The Kier molecular flexibility index (Phi) is 5.13. The van der Waals surface area contributed by atoms with E-state index in [9.17, 15) is 9.18 Å². The van der Waals surface area contributed by atoms with Crippen molar-refractivity contribution in [3.05, 3.63) is 93.0 Å². The molecule has 2 aromatic carbocycles. The maximum atomic E-state index is 14.5. The standard InChI is InChI=1S/C23H20BrFN2O2/c1-14-5-7-17(13-19(14)25)23(9-11-29-20-4-3-10-26-21(20)23)27-22(28)16-6-8-18(24)15(2)12-16/h3-8,10,12-13H,9,11H2,1-2H3,(H,27,28)/t23-/m0/s1. The predicted molar refractivity (Wildman–Crippen MR) is 113 cm³/mol. The van der Waals surface area contributed by atoms with Crippen molar-refractivity contribution in [1.82, 2.24) is 10.3 Å². The zero-order chi connectivity index (χ0) is 20.6. The van der Waals surface area contributed by atoms with Crippen LogP contribution in [0, 0.1) is 19.7 Å². The zero-order valence-electron chi connectivity index (χ0n) is 16.1. The molecule has 0 bridgehead atoms. The van der Waals surface area contributed by atoms with Crippen LogP contribution in [0.1, 0.15) is 39.2 Å². The topological polar surface area (TPSA) is 51.2 Å². The number of halogens is 2. The summed E-state index contributed by atoms with van der Waals surface area (Å²) in [6.45, 7) is 4.02. The molecule has 148 valence electrons. The van der Waals surface area contributed by atoms with Crippen LogP contribution in [0.25, 0.3) is 0 Å². The number of hydrogen-bond donors (Lipinski definition) is 1. The molecular formula is C23H20BrFN2O2. The average Bonchev–Trinajstić information content (AvgIpc) is 2.72. The second-order valence-corrected chi connectivity index (χ2v) is 8.09. The first-order valence-electron chi connectivity index (χ1n) is 9.34. The fourth-order valence-electron chi connectivity index (χ4n) is 3.65. The first-order valence-corrected chi connectivity index (χ1v) is 10.1. The molecule has 0 saturated carbocycles. The summed E-state index contributed by atoms with van der Waals surface area (Å²) in [5.74, 6) is 0.0201. The molecule has 2 heterocycles. The maximum Gasteiger partial charge on any atom is 0.252 e. The molecule has 4 rings (SSSR count). The molecule has 4 nitrogen and oxygen atoms in total. The number of ether oxygens (including phenoxy) is 1. The van der Waals surface area contributed by atoms with Gasteiger partial charge in [-0.1, -0.05) is 28.1 Å². The lowest BCUT2D eigenvalue weighted by atomic mass is 9.80. The highest BCUT2D eigenvalue weighted by Crippen LogP contribution is 2.41. The molecule has 6 heteroatoms. The molecule has 1 N–H and O–H groups in total. The fraction of sp³-hybridized carbons (Fsp3) is 0.217. The Morgan fingerprint density at radius 2 is 2.00 bits per heavy atom. The molecule has 0 radical (unpaired) electrons. The molecule has 0 aliphatic carbocycles.